The number of nitrogens with two attached hydrogens (primary N) is 1. The molecule has 1 atom stereocenters. The molecule has 1 rings (SSSR count). The summed E-state index contributed by atoms with van der Waals surface area (Å²) in [5, 5.41) is 0. The molecule has 3 N–H and O–H groups in total. The van der Waals surface area contributed by atoms with Crippen molar-refractivity contribution in [1.82, 2.24) is 5.43 Å². The Morgan fingerprint density at radius 1 is 1.47 bits per heavy atom. The van der Waals surface area contributed by atoms with Crippen molar-refractivity contribution >= 4 is 27.7 Å². The number of hydrogen-bond acceptors (Lipinski definition) is 3. The van der Waals surface area contributed by atoms with Crippen LogP contribution in [0, 0.1) is 5.82 Å². The summed E-state index contributed by atoms with van der Waals surface area (Å²) in [4.78, 5) is 0. The van der Waals surface area contributed by atoms with Crippen molar-refractivity contribution in [3.8, 4) is 0 Å². The van der Waals surface area contributed by atoms with E-state index in [0.29, 0.717) is 0 Å². The first kappa shape index (κ1) is 15.0. The molecule has 2 nitrogen and oxygen atoms in total. The van der Waals surface area contributed by atoms with Gasteiger partial charge in [-0.3, -0.25) is 11.3 Å². The summed E-state index contributed by atoms with van der Waals surface area (Å²) < 4.78 is 14.0. The van der Waals surface area contributed by atoms with E-state index in [1.807, 2.05) is 17.8 Å². The second-order valence-corrected chi connectivity index (χ2v) is 5.99. The van der Waals surface area contributed by atoms with Gasteiger partial charge in [-0.05, 0) is 42.4 Å². The van der Waals surface area contributed by atoms with Crippen LogP contribution in [0.3, 0.4) is 0 Å². The summed E-state index contributed by atoms with van der Waals surface area (Å²) >= 11 is 5.16. The number of hydrogen-bond donors (Lipinski definition) is 2. The van der Waals surface area contributed by atoms with Crippen LogP contribution in [0.2, 0.25) is 0 Å². The van der Waals surface area contributed by atoms with Crippen LogP contribution in [0.25, 0.3) is 0 Å². The molecular weight excluding hydrogens is 303 g/mol. The molecule has 0 amide bonds. The molecule has 1 aromatic carbocycles. The maximum absolute atomic E-state index is 13.2. The van der Waals surface area contributed by atoms with Crippen LogP contribution >= 0.6 is 27.7 Å². The highest BCUT2D eigenvalue weighted by molar-refractivity contribution is 9.10. The molecule has 5 heteroatoms. The molecule has 0 spiro atoms. The van der Waals surface area contributed by atoms with Gasteiger partial charge >= 0.3 is 0 Å². The van der Waals surface area contributed by atoms with Crippen molar-refractivity contribution < 1.29 is 4.39 Å². The standard InChI is InChI=1S/C12H18BrFN2S/c1-2-3-17-8-12(16-15)6-9-4-10(13)7-11(14)5-9/h4-5,7,12,16H,2-3,6,8,15H2,1H3. The van der Waals surface area contributed by atoms with Gasteiger partial charge in [0.2, 0.25) is 0 Å². The molecule has 1 unspecified atom stereocenters. The SMILES string of the molecule is CCCSCC(Cc1cc(F)cc(Br)c1)NN. The number of nitrogens with one attached hydrogen (secondary N) is 1. The molecule has 0 saturated carbocycles. The van der Waals surface area contributed by atoms with Gasteiger partial charge in [-0.2, -0.15) is 11.8 Å². The molecule has 0 fully saturated rings. The number of thioether (sulfide) groups is 1. The fourth-order valence-corrected chi connectivity index (χ4v) is 3.02. The van der Waals surface area contributed by atoms with Gasteiger partial charge in [-0.1, -0.05) is 22.9 Å². The third kappa shape index (κ3) is 5.86. The lowest BCUT2D eigenvalue weighted by Gasteiger charge is -2.15. The van der Waals surface area contributed by atoms with E-state index >= 15 is 0 Å². The summed E-state index contributed by atoms with van der Waals surface area (Å²) in [6, 6.07) is 5.12. The van der Waals surface area contributed by atoms with E-state index in [2.05, 4.69) is 28.3 Å². The van der Waals surface area contributed by atoms with Crippen molar-refractivity contribution in [3.05, 3.63) is 34.1 Å². The minimum absolute atomic E-state index is 0.181. The molecule has 96 valence electrons. The van der Waals surface area contributed by atoms with Crippen LogP contribution in [-0.4, -0.2) is 17.5 Å². The van der Waals surface area contributed by atoms with Gasteiger partial charge < -0.3 is 0 Å². The van der Waals surface area contributed by atoms with Gasteiger partial charge in [0, 0.05) is 16.3 Å². The fraction of sp³-hybridized carbons (Fsp3) is 0.500. The Kier molecular flexibility index (Phi) is 7.11. The van der Waals surface area contributed by atoms with E-state index < -0.39 is 0 Å². The normalized spacial score (nSPS) is 12.7. The highest BCUT2D eigenvalue weighted by atomic mass is 79.9. The number of halogens is 2. The first-order valence-corrected chi connectivity index (χ1v) is 7.59. The van der Waals surface area contributed by atoms with E-state index in [-0.39, 0.29) is 11.9 Å². The summed E-state index contributed by atoms with van der Waals surface area (Å²) in [6.07, 6.45) is 1.90. The van der Waals surface area contributed by atoms with E-state index in [1.54, 1.807) is 6.07 Å². The van der Waals surface area contributed by atoms with Gasteiger partial charge in [0.05, 0.1) is 0 Å². The van der Waals surface area contributed by atoms with Crippen LogP contribution in [-0.2, 0) is 6.42 Å². The first-order valence-electron chi connectivity index (χ1n) is 5.64. The third-order valence-corrected chi connectivity index (χ3v) is 4.10. The molecule has 0 aliphatic heterocycles. The fourth-order valence-electron chi connectivity index (χ4n) is 1.55. The average molecular weight is 321 g/mol. The Morgan fingerprint density at radius 3 is 2.82 bits per heavy atom. The van der Waals surface area contributed by atoms with Crippen LogP contribution < -0.4 is 11.3 Å². The maximum Gasteiger partial charge on any atom is 0.124 e. The second-order valence-electron chi connectivity index (χ2n) is 3.92. The summed E-state index contributed by atoms with van der Waals surface area (Å²) in [5.41, 5.74) is 3.75. The number of rotatable bonds is 7. The smallest absolute Gasteiger partial charge is 0.124 e. The quantitative estimate of drug-likeness (QED) is 0.460. The van der Waals surface area contributed by atoms with Crippen LogP contribution in [0.15, 0.2) is 22.7 Å². The van der Waals surface area contributed by atoms with E-state index in [0.717, 1.165) is 34.4 Å². The molecule has 0 aromatic heterocycles. The maximum atomic E-state index is 13.2. The van der Waals surface area contributed by atoms with Crippen LogP contribution in [0.4, 0.5) is 4.39 Å². The predicted molar refractivity (Wildman–Crippen MR) is 76.5 cm³/mol. The van der Waals surface area contributed by atoms with Crippen molar-refractivity contribution in [3.63, 3.8) is 0 Å². The Morgan fingerprint density at radius 2 is 2.24 bits per heavy atom. The van der Waals surface area contributed by atoms with Gasteiger partial charge in [0.1, 0.15) is 5.82 Å². The lowest BCUT2D eigenvalue weighted by atomic mass is 10.1. The molecule has 0 aliphatic rings. The van der Waals surface area contributed by atoms with Gasteiger partial charge in [0.15, 0.2) is 0 Å². The Hall–Kier alpha value is -0.100. The Labute approximate surface area is 115 Å². The van der Waals surface area contributed by atoms with Gasteiger partial charge in [-0.25, -0.2) is 4.39 Å². The topological polar surface area (TPSA) is 38.0 Å². The molecule has 0 heterocycles. The summed E-state index contributed by atoms with van der Waals surface area (Å²) in [7, 11) is 0. The molecule has 17 heavy (non-hydrogen) atoms. The van der Waals surface area contributed by atoms with Gasteiger partial charge in [0.25, 0.3) is 0 Å². The first-order chi connectivity index (χ1) is 8.15. The van der Waals surface area contributed by atoms with Crippen LogP contribution in [0.5, 0.6) is 0 Å². The molecule has 0 radical (unpaired) electrons. The Bertz CT molecular complexity index is 329. The molecule has 1 aromatic rings. The summed E-state index contributed by atoms with van der Waals surface area (Å²) in [5.74, 6) is 7.37. The zero-order chi connectivity index (χ0) is 12.7. The molecule has 0 saturated heterocycles. The monoisotopic (exact) mass is 320 g/mol. The van der Waals surface area contributed by atoms with Crippen molar-refractivity contribution in [2.45, 2.75) is 25.8 Å². The highest BCUT2D eigenvalue weighted by Crippen LogP contribution is 2.17. The number of hydrazine groups is 1. The highest BCUT2D eigenvalue weighted by Gasteiger charge is 2.09. The van der Waals surface area contributed by atoms with Crippen molar-refractivity contribution in [1.29, 1.82) is 0 Å². The zero-order valence-electron chi connectivity index (χ0n) is 9.88. The molecule has 0 bridgehead atoms. The summed E-state index contributed by atoms with van der Waals surface area (Å²) in [6.45, 7) is 2.15. The molecular formula is C12H18BrFN2S. The van der Waals surface area contributed by atoms with Gasteiger partial charge in [-0.15, -0.1) is 0 Å². The lowest BCUT2D eigenvalue weighted by molar-refractivity contribution is 0.570. The minimum Gasteiger partial charge on any atom is -0.271 e. The minimum atomic E-state index is -0.216. The largest absolute Gasteiger partial charge is 0.271 e. The van der Waals surface area contributed by atoms with E-state index in [9.17, 15) is 4.39 Å². The third-order valence-electron chi connectivity index (χ3n) is 2.31. The van der Waals surface area contributed by atoms with Crippen molar-refractivity contribution in [2.24, 2.45) is 5.84 Å². The second kappa shape index (κ2) is 8.08. The van der Waals surface area contributed by atoms with E-state index in [4.69, 9.17) is 5.84 Å². The lowest BCUT2D eigenvalue weighted by Crippen LogP contribution is -2.38. The predicted octanol–water partition coefficient (Wildman–Crippen LogP) is 3.11. The van der Waals surface area contributed by atoms with Crippen molar-refractivity contribution in [2.75, 3.05) is 11.5 Å². The van der Waals surface area contributed by atoms with E-state index in [1.165, 1.54) is 6.07 Å². The zero-order valence-corrected chi connectivity index (χ0v) is 12.3. The average Bonchev–Trinajstić information content (AvgIpc) is 2.26. The Balaban J connectivity index is 2.54. The molecule has 0 aliphatic carbocycles. The number of benzene rings is 1. The van der Waals surface area contributed by atoms with Crippen LogP contribution in [0.1, 0.15) is 18.9 Å².